The summed E-state index contributed by atoms with van der Waals surface area (Å²) in [5, 5.41) is 0. The SMILES string of the molecule is CN(C)C(=O)Oc1ccc2c(c1)OC(=O)N(Cc1cccc(N)c1F)C2. The Morgan fingerprint density at radius 3 is 2.85 bits per heavy atom. The summed E-state index contributed by atoms with van der Waals surface area (Å²) in [6, 6.07) is 9.44. The van der Waals surface area contributed by atoms with Crippen molar-refractivity contribution in [3.8, 4) is 11.5 Å². The zero-order valence-corrected chi connectivity index (χ0v) is 14.4. The summed E-state index contributed by atoms with van der Waals surface area (Å²) >= 11 is 0. The number of carbonyl (C=O) groups is 2. The number of hydrogen-bond acceptors (Lipinski definition) is 5. The Balaban J connectivity index is 1.77. The second-order valence-electron chi connectivity index (χ2n) is 6.08. The van der Waals surface area contributed by atoms with Gasteiger partial charge in [0.1, 0.15) is 11.5 Å². The Morgan fingerprint density at radius 1 is 1.35 bits per heavy atom. The number of halogens is 1. The smallest absolute Gasteiger partial charge is 0.410 e. The molecule has 3 rings (SSSR count). The Labute approximate surface area is 149 Å². The van der Waals surface area contributed by atoms with Crippen LogP contribution in [0.15, 0.2) is 36.4 Å². The fraction of sp³-hybridized carbons (Fsp3) is 0.222. The maximum absolute atomic E-state index is 14.1. The zero-order valence-electron chi connectivity index (χ0n) is 14.4. The average Bonchev–Trinajstić information content (AvgIpc) is 2.59. The van der Waals surface area contributed by atoms with E-state index in [9.17, 15) is 14.0 Å². The van der Waals surface area contributed by atoms with Crippen LogP contribution in [0.2, 0.25) is 0 Å². The molecule has 0 saturated heterocycles. The zero-order chi connectivity index (χ0) is 18.8. The summed E-state index contributed by atoms with van der Waals surface area (Å²) in [5.41, 5.74) is 6.62. The third-order valence-electron chi connectivity index (χ3n) is 3.90. The number of ether oxygens (including phenoxy) is 2. The van der Waals surface area contributed by atoms with Crippen molar-refractivity contribution in [3.63, 3.8) is 0 Å². The Hall–Kier alpha value is -3.29. The molecule has 0 spiro atoms. The highest BCUT2D eigenvalue weighted by Crippen LogP contribution is 2.31. The fourth-order valence-corrected chi connectivity index (χ4v) is 2.49. The predicted octanol–water partition coefficient (Wildman–Crippen LogP) is 2.98. The summed E-state index contributed by atoms with van der Waals surface area (Å²) in [5.74, 6) is 0.0333. The number of fused-ring (bicyclic) bond motifs is 1. The van der Waals surface area contributed by atoms with Gasteiger partial charge in [-0.25, -0.2) is 14.0 Å². The van der Waals surface area contributed by atoms with Crippen molar-refractivity contribution in [2.24, 2.45) is 0 Å². The van der Waals surface area contributed by atoms with Gasteiger partial charge in [0.25, 0.3) is 0 Å². The van der Waals surface area contributed by atoms with Crippen LogP contribution in [0.5, 0.6) is 11.5 Å². The van der Waals surface area contributed by atoms with E-state index in [1.54, 1.807) is 38.4 Å². The largest absolute Gasteiger partial charge is 0.415 e. The summed E-state index contributed by atoms with van der Waals surface area (Å²) < 4.78 is 24.5. The molecular weight excluding hydrogens is 341 g/mol. The van der Waals surface area contributed by atoms with Gasteiger partial charge < -0.3 is 20.1 Å². The number of benzene rings is 2. The van der Waals surface area contributed by atoms with Gasteiger partial charge >= 0.3 is 12.2 Å². The van der Waals surface area contributed by atoms with Gasteiger partial charge in [-0.15, -0.1) is 0 Å². The van der Waals surface area contributed by atoms with Gasteiger partial charge in [0.2, 0.25) is 0 Å². The van der Waals surface area contributed by atoms with Gasteiger partial charge in [0, 0.05) is 31.3 Å². The van der Waals surface area contributed by atoms with Gasteiger partial charge in [0.15, 0.2) is 5.82 Å². The molecule has 26 heavy (non-hydrogen) atoms. The number of rotatable bonds is 3. The molecule has 0 saturated carbocycles. The van der Waals surface area contributed by atoms with Gasteiger partial charge in [-0.05, 0) is 18.2 Å². The lowest BCUT2D eigenvalue weighted by atomic mass is 10.1. The number of amides is 2. The van der Waals surface area contributed by atoms with Crippen LogP contribution >= 0.6 is 0 Å². The van der Waals surface area contributed by atoms with E-state index >= 15 is 0 Å². The maximum atomic E-state index is 14.1. The minimum Gasteiger partial charge on any atom is -0.410 e. The van der Waals surface area contributed by atoms with Gasteiger partial charge in [-0.1, -0.05) is 12.1 Å². The minimum absolute atomic E-state index is 0.0284. The quantitative estimate of drug-likeness (QED) is 0.852. The van der Waals surface area contributed by atoms with E-state index in [2.05, 4.69) is 0 Å². The Bertz CT molecular complexity index is 870. The predicted molar refractivity (Wildman–Crippen MR) is 92.2 cm³/mol. The molecule has 0 unspecified atom stereocenters. The van der Waals surface area contributed by atoms with Crippen molar-refractivity contribution in [2.45, 2.75) is 13.1 Å². The van der Waals surface area contributed by atoms with Gasteiger partial charge in [0.05, 0.1) is 18.8 Å². The molecule has 0 radical (unpaired) electrons. The molecule has 0 bridgehead atoms. The second-order valence-corrected chi connectivity index (χ2v) is 6.08. The van der Waals surface area contributed by atoms with E-state index in [1.165, 1.54) is 21.9 Å². The van der Waals surface area contributed by atoms with Crippen molar-refractivity contribution in [2.75, 3.05) is 19.8 Å². The molecular formula is C18H18FN3O4. The Kier molecular flexibility index (Phi) is 4.66. The van der Waals surface area contributed by atoms with Crippen LogP contribution < -0.4 is 15.2 Å². The topological polar surface area (TPSA) is 85.1 Å². The summed E-state index contributed by atoms with van der Waals surface area (Å²) in [4.78, 5) is 26.5. The molecule has 8 heteroatoms. The molecule has 136 valence electrons. The number of nitrogens with zero attached hydrogens (tertiary/aromatic N) is 2. The molecule has 1 heterocycles. The normalized spacial score (nSPS) is 13.0. The molecule has 7 nitrogen and oxygen atoms in total. The molecule has 2 amide bonds. The van der Waals surface area contributed by atoms with Crippen molar-refractivity contribution < 1.29 is 23.5 Å². The summed E-state index contributed by atoms with van der Waals surface area (Å²) in [7, 11) is 3.13. The highest BCUT2D eigenvalue weighted by Gasteiger charge is 2.26. The lowest BCUT2D eigenvalue weighted by Gasteiger charge is -2.28. The first-order chi connectivity index (χ1) is 12.3. The van der Waals surface area contributed by atoms with E-state index in [0.29, 0.717) is 11.3 Å². The van der Waals surface area contributed by atoms with E-state index in [1.807, 2.05) is 0 Å². The molecule has 2 aromatic carbocycles. The highest BCUT2D eigenvalue weighted by atomic mass is 19.1. The first-order valence-electron chi connectivity index (χ1n) is 7.87. The number of hydrogen-bond donors (Lipinski definition) is 1. The molecule has 1 aliphatic heterocycles. The third-order valence-corrected chi connectivity index (χ3v) is 3.90. The maximum Gasteiger partial charge on any atom is 0.415 e. The monoisotopic (exact) mass is 359 g/mol. The second kappa shape index (κ2) is 6.91. The number of carbonyl (C=O) groups excluding carboxylic acids is 2. The first kappa shape index (κ1) is 17.5. The standard InChI is InChI=1S/C18H18FN3O4/c1-21(2)17(23)25-13-7-6-11-9-22(18(24)26-15(11)8-13)10-12-4-3-5-14(20)16(12)19/h3-8H,9-10,20H2,1-2H3. The van der Waals surface area contributed by atoms with Crippen molar-refractivity contribution in [1.82, 2.24) is 9.80 Å². The van der Waals surface area contributed by atoms with Crippen molar-refractivity contribution >= 4 is 17.9 Å². The van der Waals surface area contributed by atoms with Gasteiger partial charge in [-0.3, -0.25) is 4.90 Å². The van der Waals surface area contributed by atoms with Gasteiger partial charge in [-0.2, -0.15) is 0 Å². The van der Waals surface area contributed by atoms with Crippen LogP contribution in [-0.2, 0) is 13.1 Å². The molecule has 0 atom stereocenters. The van der Waals surface area contributed by atoms with E-state index in [-0.39, 0.29) is 24.5 Å². The molecule has 2 N–H and O–H groups in total. The number of nitrogen functional groups attached to an aromatic ring is 1. The van der Waals surface area contributed by atoms with Crippen LogP contribution in [0.1, 0.15) is 11.1 Å². The molecule has 0 aliphatic carbocycles. The van der Waals surface area contributed by atoms with Crippen LogP contribution in [-0.4, -0.2) is 36.1 Å². The summed E-state index contributed by atoms with van der Waals surface area (Å²) in [6.07, 6.45) is -1.15. The lowest BCUT2D eigenvalue weighted by Crippen LogP contribution is -2.36. The molecule has 0 fully saturated rings. The lowest BCUT2D eigenvalue weighted by molar-refractivity contribution is 0.134. The van der Waals surface area contributed by atoms with E-state index in [0.717, 1.165) is 5.56 Å². The number of anilines is 1. The molecule has 0 aromatic heterocycles. The van der Waals surface area contributed by atoms with Crippen molar-refractivity contribution in [1.29, 1.82) is 0 Å². The molecule has 2 aromatic rings. The first-order valence-corrected chi connectivity index (χ1v) is 7.87. The Morgan fingerprint density at radius 2 is 2.12 bits per heavy atom. The number of nitrogens with two attached hydrogens (primary N) is 1. The average molecular weight is 359 g/mol. The summed E-state index contributed by atoms with van der Waals surface area (Å²) in [6.45, 7) is 0.275. The van der Waals surface area contributed by atoms with E-state index in [4.69, 9.17) is 15.2 Å². The fourth-order valence-electron chi connectivity index (χ4n) is 2.49. The third kappa shape index (κ3) is 3.53. The highest BCUT2D eigenvalue weighted by molar-refractivity contribution is 5.74. The van der Waals surface area contributed by atoms with Crippen LogP contribution in [0, 0.1) is 5.82 Å². The van der Waals surface area contributed by atoms with Crippen molar-refractivity contribution in [3.05, 3.63) is 53.3 Å². The van der Waals surface area contributed by atoms with Crippen LogP contribution in [0.3, 0.4) is 0 Å². The van der Waals surface area contributed by atoms with Crippen LogP contribution in [0.4, 0.5) is 19.7 Å². The minimum atomic E-state index is -0.615. The van der Waals surface area contributed by atoms with Crippen LogP contribution in [0.25, 0.3) is 0 Å². The van der Waals surface area contributed by atoms with E-state index < -0.39 is 18.0 Å². The molecule has 1 aliphatic rings.